The van der Waals surface area contributed by atoms with Gasteiger partial charge in [-0.15, -0.1) is 0 Å². The fourth-order valence-corrected chi connectivity index (χ4v) is 2.18. The first-order valence-corrected chi connectivity index (χ1v) is 6.90. The molecule has 0 amide bonds. The molecule has 2 N–H and O–H groups in total. The molecule has 0 spiro atoms. The van der Waals surface area contributed by atoms with Gasteiger partial charge in [-0.25, -0.2) is 0 Å². The van der Waals surface area contributed by atoms with Crippen molar-refractivity contribution in [3.8, 4) is 0 Å². The molecule has 18 heavy (non-hydrogen) atoms. The van der Waals surface area contributed by atoms with Gasteiger partial charge in [-0.2, -0.15) is 4.98 Å². The minimum Gasteiger partial charge on any atom is -0.376 e. The molecule has 1 heterocycles. The lowest BCUT2D eigenvalue weighted by atomic mass is 9.85. The van der Waals surface area contributed by atoms with Crippen molar-refractivity contribution in [1.29, 1.82) is 0 Å². The predicted molar refractivity (Wildman–Crippen MR) is 66.0 cm³/mol. The lowest BCUT2D eigenvalue weighted by Gasteiger charge is -2.29. The van der Waals surface area contributed by atoms with E-state index in [1.165, 1.54) is 12.8 Å². The van der Waals surface area contributed by atoms with Gasteiger partial charge < -0.3 is 15.0 Å². The second-order valence-electron chi connectivity index (χ2n) is 5.87. The number of hydrogen-bond donors (Lipinski definition) is 1. The molecule has 1 aromatic rings. The van der Waals surface area contributed by atoms with Gasteiger partial charge in [0.15, 0.2) is 5.82 Å². The van der Waals surface area contributed by atoms with Gasteiger partial charge in [-0.3, -0.25) is 0 Å². The highest BCUT2D eigenvalue weighted by atomic mass is 16.5. The van der Waals surface area contributed by atoms with E-state index in [4.69, 9.17) is 15.0 Å². The van der Waals surface area contributed by atoms with Crippen LogP contribution < -0.4 is 5.73 Å². The Morgan fingerprint density at radius 1 is 1.33 bits per heavy atom. The molecule has 1 aromatic heterocycles. The number of hydrogen-bond acceptors (Lipinski definition) is 5. The van der Waals surface area contributed by atoms with E-state index in [-0.39, 0.29) is 0 Å². The van der Waals surface area contributed by atoms with E-state index in [2.05, 4.69) is 10.1 Å². The van der Waals surface area contributed by atoms with Gasteiger partial charge in [-0.05, 0) is 39.0 Å². The standard InChI is InChI=1S/C13H21N3O2/c1-13(14,8-17-10-6-3-7-10)12-15-11(18-16-12)9-4-2-5-9/h9-10H,2-8,14H2,1H3. The van der Waals surface area contributed by atoms with Crippen LogP contribution in [-0.2, 0) is 10.3 Å². The first-order valence-electron chi connectivity index (χ1n) is 6.90. The normalized spacial score (nSPS) is 24.3. The minimum atomic E-state index is -0.652. The largest absolute Gasteiger partial charge is 0.376 e. The van der Waals surface area contributed by atoms with E-state index in [1.807, 2.05) is 6.92 Å². The van der Waals surface area contributed by atoms with Crippen LogP contribution >= 0.6 is 0 Å². The van der Waals surface area contributed by atoms with Gasteiger partial charge in [0.2, 0.25) is 5.89 Å². The van der Waals surface area contributed by atoms with E-state index >= 15 is 0 Å². The van der Waals surface area contributed by atoms with Crippen LogP contribution in [-0.4, -0.2) is 22.9 Å². The molecule has 5 heteroatoms. The van der Waals surface area contributed by atoms with Gasteiger partial charge >= 0.3 is 0 Å². The van der Waals surface area contributed by atoms with Crippen molar-refractivity contribution < 1.29 is 9.26 Å². The molecular formula is C13H21N3O2. The Labute approximate surface area is 107 Å². The van der Waals surface area contributed by atoms with Gasteiger partial charge in [0.05, 0.1) is 12.7 Å². The monoisotopic (exact) mass is 251 g/mol. The highest BCUT2D eigenvalue weighted by molar-refractivity contribution is 5.05. The Balaban J connectivity index is 1.61. The molecule has 2 aliphatic rings. The highest BCUT2D eigenvalue weighted by Gasteiger charge is 2.33. The molecule has 0 saturated heterocycles. The molecule has 2 fully saturated rings. The molecular weight excluding hydrogens is 230 g/mol. The van der Waals surface area contributed by atoms with Crippen LogP contribution in [0.3, 0.4) is 0 Å². The fraction of sp³-hybridized carbons (Fsp3) is 0.846. The molecule has 0 radical (unpaired) electrons. The summed E-state index contributed by atoms with van der Waals surface area (Å²) >= 11 is 0. The number of nitrogens with zero attached hydrogens (tertiary/aromatic N) is 2. The Hall–Kier alpha value is -0.940. The fourth-order valence-electron chi connectivity index (χ4n) is 2.18. The quantitative estimate of drug-likeness (QED) is 0.867. The molecule has 2 aliphatic carbocycles. The van der Waals surface area contributed by atoms with Crippen LogP contribution in [0.5, 0.6) is 0 Å². The predicted octanol–water partition coefficient (Wildman–Crippen LogP) is 2.08. The van der Waals surface area contributed by atoms with Crippen LogP contribution in [0.2, 0.25) is 0 Å². The SMILES string of the molecule is CC(N)(COC1CCC1)c1noc(C2CCC2)n1. The number of rotatable bonds is 5. The van der Waals surface area contributed by atoms with Gasteiger partial charge in [0.25, 0.3) is 0 Å². The Kier molecular flexibility index (Phi) is 3.11. The maximum Gasteiger partial charge on any atom is 0.229 e. The summed E-state index contributed by atoms with van der Waals surface area (Å²) in [5.74, 6) is 1.77. The average Bonchev–Trinajstić information content (AvgIpc) is 2.62. The minimum absolute atomic E-state index is 0.380. The number of nitrogens with two attached hydrogens (primary N) is 1. The molecule has 0 aromatic carbocycles. The molecule has 3 rings (SSSR count). The zero-order valence-corrected chi connectivity index (χ0v) is 10.9. The molecule has 0 aliphatic heterocycles. The Morgan fingerprint density at radius 2 is 2.06 bits per heavy atom. The summed E-state index contributed by atoms with van der Waals surface area (Å²) in [5, 5.41) is 4.02. The number of ether oxygens (including phenoxy) is 1. The van der Waals surface area contributed by atoms with Gasteiger partial charge in [0.1, 0.15) is 5.54 Å². The number of aromatic nitrogens is 2. The van der Waals surface area contributed by atoms with Crippen molar-refractivity contribution in [2.75, 3.05) is 6.61 Å². The smallest absolute Gasteiger partial charge is 0.229 e. The second-order valence-corrected chi connectivity index (χ2v) is 5.87. The van der Waals surface area contributed by atoms with Gasteiger partial charge in [-0.1, -0.05) is 11.6 Å². The topological polar surface area (TPSA) is 74.2 Å². The molecule has 1 atom stereocenters. The van der Waals surface area contributed by atoms with E-state index in [1.54, 1.807) is 0 Å². The first-order chi connectivity index (χ1) is 8.65. The van der Waals surface area contributed by atoms with Gasteiger partial charge in [0, 0.05) is 5.92 Å². The van der Waals surface area contributed by atoms with Crippen molar-refractivity contribution >= 4 is 0 Å². The Bertz CT molecular complexity index is 408. The van der Waals surface area contributed by atoms with Crippen molar-refractivity contribution in [3.05, 3.63) is 11.7 Å². The third kappa shape index (κ3) is 2.29. The summed E-state index contributed by atoms with van der Waals surface area (Å²) in [7, 11) is 0. The van der Waals surface area contributed by atoms with Crippen LogP contribution in [0.15, 0.2) is 4.52 Å². The molecule has 100 valence electrons. The average molecular weight is 251 g/mol. The van der Waals surface area contributed by atoms with E-state index in [0.29, 0.717) is 24.5 Å². The van der Waals surface area contributed by atoms with Crippen molar-refractivity contribution in [1.82, 2.24) is 10.1 Å². The lowest BCUT2D eigenvalue weighted by Crippen LogP contribution is -2.41. The Morgan fingerprint density at radius 3 is 2.61 bits per heavy atom. The summed E-state index contributed by atoms with van der Waals surface area (Å²) < 4.78 is 11.1. The third-order valence-electron chi connectivity index (χ3n) is 4.08. The van der Waals surface area contributed by atoms with E-state index in [0.717, 1.165) is 31.6 Å². The maximum absolute atomic E-state index is 6.23. The zero-order valence-electron chi connectivity index (χ0n) is 10.9. The maximum atomic E-state index is 6.23. The summed E-state index contributed by atoms with van der Waals surface area (Å²) in [6.07, 6.45) is 7.51. The first kappa shape index (κ1) is 12.1. The van der Waals surface area contributed by atoms with E-state index in [9.17, 15) is 0 Å². The van der Waals surface area contributed by atoms with Crippen molar-refractivity contribution in [2.24, 2.45) is 5.73 Å². The lowest BCUT2D eigenvalue weighted by molar-refractivity contribution is -0.0222. The molecule has 0 bridgehead atoms. The summed E-state index contributed by atoms with van der Waals surface area (Å²) in [4.78, 5) is 4.44. The van der Waals surface area contributed by atoms with E-state index < -0.39 is 5.54 Å². The highest BCUT2D eigenvalue weighted by Crippen LogP contribution is 2.35. The van der Waals surface area contributed by atoms with Crippen LogP contribution in [0, 0.1) is 0 Å². The van der Waals surface area contributed by atoms with Crippen molar-refractivity contribution in [2.45, 2.75) is 63.0 Å². The zero-order chi connectivity index (χ0) is 12.6. The van der Waals surface area contributed by atoms with Crippen LogP contribution in [0.25, 0.3) is 0 Å². The summed E-state index contributed by atoms with van der Waals surface area (Å²) in [6.45, 7) is 2.36. The third-order valence-corrected chi connectivity index (χ3v) is 4.08. The summed E-state index contributed by atoms with van der Waals surface area (Å²) in [6, 6.07) is 0. The van der Waals surface area contributed by atoms with Crippen LogP contribution in [0.4, 0.5) is 0 Å². The van der Waals surface area contributed by atoms with Crippen LogP contribution in [0.1, 0.15) is 63.1 Å². The second kappa shape index (κ2) is 4.63. The molecule has 1 unspecified atom stereocenters. The van der Waals surface area contributed by atoms with Crippen molar-refractivity contribution in [3.63, 3.8) is 0 Å². The summed E-state index contributed by atoms with van der Waals surface area (Å²) in [5.41, 5.74) is 5.58. The molecule has 5 nitrogen and oxygen atoms in total. The molecule has 2 saturated carbocycles.